The Morgan fingerprint density at radius 2 is 2.16 bits per heavy atom. The van der Waals surface area contributed by atoms with Gasteiger partial charge in [-0.25, -0.2) is 4.79 Å². The quantitative estimate of drug-likeness (QED) is 0.844. The summed E-state index contributed by atoms with van der Waals surface area (Å²) in [6.45, 7) is 6.38. The summed E-state index contributed by atoms with van der Waals surface area (Å²) in [4.78, 5) is 13.8. The molecule has 1 atom stereocenters. The van der Waals surface area contributed by atoms with Crippen molar-refractivity contribution in [2.75, 3.05) is 13.1 Å². The van der Waals surface area contributed by atoms with Gasteiger partial charge in [0.2, 0.25) is 0 Å². The third kappa shape index (κ3) is 4.46. The van der Waals surface area contributed by atoms with Crippen LogP contribution in [0.2, 0.25) is 0 Å². The average Bonchev–Trinajstić information content (AvgIpc) is 2.85. The number of amides is 1. The van der Waals surface area contributed by atoms with Crippen LogP contribution in [0.5, 0.6) is 0 Å². The summed E-state index contributed by atoms with van der Waals surface area (Å²) in [5, 5.41) is 1.18. The van der Waals surface area contributed by atoms with Gasteiger partial charge in [-0.3, -0.25) is 0 Å². The monoisotopic (exact) mass is 279 g/mol. The lowest BCUT2D eigenvalue weighted by atomic mass is 10.2. The third-order valence-electron chi connectivity index (χ3n) is 3.07. The predicted octanol–water partition coefficient (Wildman–Crippen LogP) is 3.54. The normalized spacial score (nSPS) is 18.9. The first-order chi connectivity index (χ1) is 9.15. The zero-order valence-electron chi connectivity index (χ0n) is 11.5. The highest BCUT2D eigenvalue weighted by atomic mass is 32.2. The van der Waals surface area contributed by atoms with Crippen LogP contribution < -0.4 is 0 Å². The van der Waals surface area contributed by atoms with Crippen LogP contribution in [0.15, 0.2) is 30.3 Å². The van der Waals surface area contributed by atoms with Gasteiger partial charge in [0.1, 0.15) is 6.61 Å². The van der Waals surface area contributed by atoms with Crippen molar-refractivity contribution in [3.63, 3.8) is 0 Å². The number of ether oxygens (including phenoxy) is 1. The van der Waals surface area contributed by atoms with E-state index in [4.69, 9.17) is 4.74 Å². The summed E-state index contributed by atoms with van der Waals surface area (Å²) >= 11 is 1.95. The van der Waals surface area contributed by atoms with Crippen molar-refractivity contribution in [1.82, 2.24) is 4.90 Å². The second-order valence-corrected chi connectivity index (χ2v) is 6.96. The van der Waals surface area contributed by atoms with E-state index in [-0.39, 0.29) is 6.09 Å². The minimum atomic E-state index is -0.185. The highest BCUT2D eigenvalue weighted by Crippen LogP contribution is 2.26. The van der Waals surface area contributed by atoms with Crippen molar-refractivity contribution >= 4 is 17.9 Å². The molecule has 0 saturated carbocycles. The molecule has 4 heteroatoms. The van der Waals surface area contributed by atoms with Crippen LogP contribution in [0, 0.1) is 0 Å². The third-order valence-corrected chi connectivity index (χ3v) is 4.39. The topological polar surface area (TPSA) is 29.5 Å². The van der Waals surface area contributed by atoms with E-state index in [1.54, 1.807) is 0 Å². The Balaban J connectivity index is 1.75. The predicted molar refractivity (Wildman–Crippen MR) is 79.3 cm³/mol. The van der Waals surface area contributed by atoms with E-state index in [2.05, 4.69) is 13.8 Å². The molecule has 0 aromatic heterocycles. The Labute approximate surface area is 119 Å². The van der Waals surface area contributed by atoms with Gasteiger partial charge in [-0.15, -0.1) is 0 Å². The molecule has 1 amide bonds. The molecule has 0 aliphatic carbocycles. The van der Waals surface area contributed by atoms with Crippen molar-refractivity contribution in [2.45, 2.75) is 37.4 Å². The molecular formula is C15H21NO2S. The van der Waals surface area contributed by atoms with Crippen LogP contribution in [-0.4, -0.2) is 34.6 Å². The van der Waals surface area contributed by atoms with Crippen LogP contribution in [-0.2, 0) is 11.3 Å². The first-order valence-corrected chi connectivity index (χ1v) is 7.70. The van der Waals surface area contributed by atoms with E-state index in [0.29, 0.717) is 17.1 Å². The summed E-state index contributed by atoms with van der Waals surface area (Å²) in [6, 6.07) is 9.80. The molecule has 19 heavy (non-hydrogen) atoms. The Morgan fingerprint density at radius 1 is 1.42 bits per heavy atom. The van der Waals surface area contributed by atoms with Gasteiger partial charge >= 0.3 is 6.09 Å². The number of carbonyl (C=O) groups is 1. The molecule has 1 saturated heterocycles. The van der Waals surface area contributed by atoms with Crippen molar-refractivity contribution < 1.29 is 9.53 Å². The minimum Gasteiger partial charge on any atom is -0.445 e. The van der Waals surface area contributed by atoms with Gasteiger partial charge in [0.05, 0.1) is 0 Å². The van der Waals surface area contributed by atoms with Gasteiger partial charge in [-0.1, -0.05) is 44.2 Å². The second-order valence-electron chi connectivity index (χ2n) is 5.08. The number of likely N-dealkylation sites (tertiary alicyclic amines) is 1. The lowest BCUT2D eigenvalue weighted by Crippen LogP contribution is -2.29. The maximum absolute atomic E-state index is 11.9. The SMILES string of the molecule is CC(C)SC1CCN(C(=O)OCc2ccccc2)C1. The van der Waals surface area contributed by atoms with Gasteiger partial charge in [0, 0.05) is 18.3 Å². The standard InChI is InChI=1S/C15H21NO2S/c1-12(2)19-14-8-9-16(10-14)15(17)18-11-13-6-4-3-5-7-13/h3-7,12,14H,8-11H2,1-2H3. The molecule has 1 unspecified atom stereocenters. The zero-order chi connectivity index (χ0) is 13.7. The average molecular weight is 279 g/mol. The summed E-state index contributed by atoms with van der Waals surface area (Å²) in [5.41, 5.74) is 1.03. The fourth-order valence-corrected chi connectivity index (χ4v) is 3.48. The van der Waals surface area contributed by atoms with E-state index in [1.807, 2.05) is 47.0 Å². The molecule has 1 aliphatic heterocycles. The molecule has 1 aromatic carbocycles. The molecule has 1 aliphatic rings. The fraction of sp³-hybridized carbons (Fsp3) is 0.533. The van der Waals surface area contributed by atoms with Crippen molar-refractivity contribution in [3.8, 4) is 0 Å². The highest BCUT2D eigenvalue weighted by Gasteiger charge is 2.27. The van der Waals surface area contributed by atoms with Crippen LogP contribution in [0.1, 0.15) is 25.8 Å². The van der Waals surface area contributed by atoms with Gasteiger partial charge in [-0.05, 0) is 17.2 Å². The van der Waals surface area contributed by atoms with E-state index in [1.165, 1.54) is 0 Å². The second kappa shape index (κ2) is 6.85. The maximum atomic E-state index is 11.9. The molecule has 0 N–H and O–H groups in total. The van der Waals surface area contributed by atoms with E-state index in [0.717, 1.165) is 25.1 Å². The molecule has 1 heterocycles. The first-order valence-electron chi connectivity index (χ1n) is 6.76. The fourth-order valence-electron chi connectivity index (χ4n) is 2.20. The number of hydrogen-bond donors (Lipinski definition) is 0. The number of nitrogens with zero attached hydrogens (tertiary/aromatic N) is 1. The van der Waals surface area contributed by atoms with Crippen molar-refractivity contribution in [1.29, 1.82) is 0 Å². The number of carbonyl (C=O) groups excluding carboxylic acids is 1. The van der Waals surface area contributed by atoms with E-state index < -0.39 is 0 Å². The molecule has 1 fully saturated rings. The molecule has 0 radical (unpaired) electrons. The first kappa shape index (κ1) is 14.3. The largest absolute Gasteiger partial charge is 0.445 e. The maximum Gasteiger partial charge on any atom is 0.410 e. The smallest absolute Gasteiger partial charge is 0.410 e. The Morgan fingerprint density at radius 3 is 2.84 bits per heavy atom. The zero-order valence-corrected chi connectivity index (χ0v) is 12.4. The van der Waals surface area contributed by atoms with Crippen LogP contribution >= 0.6 is 11.8 Å². The Hall–Kier alpha value is -1.16. The van der Waals surface area contributed by atoms with Crippen molar-refractivity contribution in [3.05, 3.63) is 35.9 Å². The lowest BCUT2D eigenvalue weighted by molar-refractivity contribution is 0.104. The molecule has 0 bridgehead atoms. The molecule has 3 nitrogen and oxygen atoms in total. The molecular weight excluding hydrogens is 258 g/mol. The lowest BCUT2D eigenvalue weighted by Gasteiger charge is -2.17. The number of rotatable bonds is 4. The molecule has 0 spiro atoms. The highest BCUT2D eigenvalue weighted by molar-refractivity contribution is 8.00. The van der Waals surface area contributed by atoms with Crippen LogP contribution in [0.3, 0.4) is 0 Å². The van der Waals surface area contributed by atoms with Gasteiger partial charge < -0.3 is 9.64 Å². The Bertz CT molecular complexity index is 408. The number of benzene rings is 1. The van der Waals surface area contributed by atoms with Gasteiger partial charge in [0.15, 0.2) is 0 Å². The minimum absolute atomic E-state index is 0.185. The number of thioether (sulfide) groups is 1. The molecule has 1 aromatic rings. The van der Waals surface area contributed by atoms with Gasteiger partial charge in [0.25, 0.3) is 0 Å². The summed E-state index contributed by atoms with van der Waals surface area (Å²) < 4.78 is 5.34. The van der Waals surface area contributed by atoms with Crippen molar-refractivity contribution in [2.24, 2.45) is 0 Å². The van der Waals surface area contributed by atoms with Gasteiger partial charge in [-0.2, -0.15) is 11.8 Å². The molecule has 104 valence electrons. The van der Waals surface area contributed by atoms with Crippen LogP contribution in [0.25, 0.3) is 0 Å². The van der Waals surface area contributed by atoms with Crippen LogP contribution in [0.4, 0.5) is 4.79 Å². The molecule has 2 rings (SSSR count). The summed E-state index contributed by atoms with van der Waals surface area (Å²) in [6.07, 6.45) is 0.888. The summed E-state index contributed by atoms with van der Waals surface area (Å²) in [7, 11) is 0. The van der Waals surface area contributed by atoms with E-state index in [9.17, 15) is 4.79 Å². The van der Waals surface area contributed by atoms with E-state index >= 15 is 0 Å². The summed E-state index contributed by atoms with van der Waals surface area (Å²) in [5.74, 6) is 0. The number of hydrogen-bond acceptors (Lipinski definition) is 3. The Kier molecular flexibility index (Phi) is 5.14.